The fourth-order valence-corrected chi connectivity index (χ4v) is 1.56. The minimum atomic E-state index is 0.146. The number of carbonyl (C=O) groups excluding carboxylic acids is 1. The third-order valence-electron chi connectivity index (χ3n) is 2.23. The predicted octanol–water partition coefficient (Wildman–Crippen LogP) is 2.69. The fourth-order valence-electron chi connectivity index (χ4n) is 1.56. The molecule has 2 heteroatoms. The maximum Gasteiger partial charge on any atom is 0.254 e. The third-order valence-corrected chi connectivity index (χ3v) is 2.23. The number of hydrogen-bond acceptors (Lipinski definition) is 1. The molecular weight excluding hydrogens is 186 g/mol. The van der Waals surface area contributed by atoms with Crippen LogP contribution in [0.3, 0.4) is 0 Å². The standard InChI is InChI=1S/C10H11NO.C3H8/c1-11-7-8-5-3-2-4-6-9(8)10(11)12;1-3-2/h2,4-6H,3,7H2,1H3;3H2,1-2H3. The topological polar surface area (TPSA) is 20.3 Å². The first kappa shape index (κ1) is 11.8. The van der Waals surface area contributed by atoms with E-state index >= 15 is 0 Å². The molecule has 2 nitrogen and oxygen atoms in total. The van der Waals surface area contributed by atoms with Crippen LogP contribution in [0.25, 0.3) is 0 Å². The Morgan fingerprint density at radius 2 is 2.07 bits per heavy atom. The molecule has 0 aromatic rings. The Morgan fingerprint density at radius 3 is 2.73 bits per heavy atom. The van der Waals surface area contributed by atoms with Crippen LogP contribution in [0, 0.1) is 0 Å². The van der Waals surface area contributed by atoms with Crippen LogP contribution in [0.2, 0.25) is 0 Å². The van der Waals surface area contributed by atoms with Crippen LogP contribution in [0.1, 0.15) is 26.7 Å². The Morgan fingerprint density at radius 1 is 1.40 bits per heavy atom. The van der Waals surface area contributed by atoms with E-state index in [0.717, 1.165) is 18.5 Å². The van der Waals surface area contributed by atoms with Gasteiger partial charge in [-0.2, -0.15) is 0 Å². The van der Waals surface area contributed by atoms with Crippen molar-refractivity contribution in [1.82, 2.24) is 4.90 Å². The molecule has 82 valence electrons. The molecule has 1 amide bonds. The maximum absolute atomic E-state index is 11.5. The molecule has 1 saturated heterocycles. The molecule has 1 heterocycles. The summed E-state index contributed by atoms with van der Waals surface area (Å²) in [6.45, 7) is 5.02. The number of carbonyl (C=O) groups is 1. The van der Waals surface area contributed by atoms with Crippen LogP contribution in [0.5, 0.6) is 0 Å². The number of rotatable bonds is 0. The second kappa shape index (κ2) is 5.54. The molecule has 1 aliphatic carbocycles. The summed E-state index contributed by atoms with van der Waals surface area (Å²) < 4.78 is 0. The third kappa shape index (κ3) is 2.82. The molecule has 0 atom stereocenters. The van der Waals surface area contributed by atoms with Crippen molar-refractivity contribution < 1.29 is 4.79 Å². The molecular formula is C13H19NO. The second-order valence-electron chi connectivity index (χ2n) is 3.84. The van der Waals surface area contributed by atoms with Gasteiger partial charge >= 0.3 is 0 Å². The van der Waals surface area contributed by atoms with E-state index in [0.29, 0.717) is 0 Å². The molecule has 1 fully saturated rings. The summed E-state index contributed by atoms with van der Waals surface area (Å²) in [4.78, 5) is 13.2. The molecule has 0 aromatic carbocycles. The van der Waals surface area contributed by atoms with Gasteiger partial charge in [0.25, 0.3) is 5.91 Å². The van der Waals surface area contributed by atoms with E-state index in [1.807, 2.05) is 19.2 Å². The average molecular weight is 205 g/mol. The number of amides is 1. The molecule has 0 spiro atoms. The van der Waals surface area contributed by atoms with Gasteiger partial charge in [-0.25, -0.2) is 0 Å². The summed E-state index contributed by atoms with van der Waals surface area (Å²) in [5, 5.41) is 0. The van der Waals surface area contributed by atoms with E-state index in [1.54, 1.807) is 4.90 Å². The van der Waals surface area contributed by atoms with Gasteiger partial charge in [-0.1, -0.05) is 38.5 Å². The van der Waals surface area contributed by atoms with Gasteiger partial charge in [0.2, 0.25) is 0 Å². The smallest absolute Gasteiger partial charge is 0.254 e. The van der Waals surface area contributed by atoms with Crippen molar-refractivity contribution in [3.8, 4) is 0 Å². The first-order chi connectivity index (χ1) is 7.20. The van der Waals surface area contributed by atoms with Gasteiger partial charge in [-0.15, -0.1) is 0 Å². The number of hydrogen-bond donors (Lipinski definition) is 0. The van der Waals surface area contributed by atoms with Crippen LogP contribution < -0.4 is 0 Å². The number of likely N-dealkylation sites (tertiary alicyclic amines) is 1. The minimum absolute atomic E-state index is 0.146. The second-order valence-corrected chi connectivity index (χ2v) is 3.84. The summed E-state index contributed by atoms with van der Waals surface area (Å²) in [7, 11) is 1.84. The largest absolute Gasteiger partial charge is 0.337 e. The van der Waals surface area contributed by atoms with E-state index in [2.05, 4.69) is 26.0 Å². The zero-order valence-electron chi connectivity index (χ0n) is 9.79. The molecule has 0 bridgehead atoms. The number of allylic oxidation sites excluding steroid dienone is 4. The molecule has 0 unspecified atom stereocenters. The van der Waals surface area contributed by atoms with Gasteiger partial charge in [0, 0.05) is 19.2 Å². The Labute approximate surface area is 92.0 Å². The molecule has 2 aliphatic rings. The highest BCUT2D eigenvalue weighted by molar-refractivity contribution is 6.01. The van der Waals surface area contributed by atoms with Crippen molar-refractivity contribution in [3.63, 3.8) is 0 Å². The summed E-state index contributed by atoms with van der Waals surface area (Å²) in [5.74, 6) is 0.146. The Bertz CT molecular complexity index is 323. The molecule has 2 rings (SSSR count). The first-order valence-electron chi connectivity index (χ1n) is 5.52. The zero-order chi connectivity index (χ0) is 11.3. The predicted molar refractivity (Wildman–Crippen MR) is 63.5 cm³/mol. The lowest BCUT2D eigenvalue weighted by Gasteiger charge is -2.03. The summed E-state index contributed by atoms with van der Waals surface area (Å²) in [5.41, 5.74) is 2.04. The first-order valence-corrected chi connectivity index (χ1v) is 5.52. The molecule has 0 aromatic heterocycles. The van der Waals surface area contributed by atoms with Crippen molar-refractivity contribution in [1.29, 1.82) is 0 Å². The highest BCUT2D eigenvalue weighted by Crippen LogP contribution is 2.24. The average Bonchev–Trinajstić information content (AvgIpc) is 2.43. The summed E-state index contributed by atoms with van der Waals surface area (Å²) in [6, 6.07) is 0. The Kier molecular flexibility index (Phi) is 4.35. The SMILES string of the molecule is CCC.CN1CC2=CCC=CC=C2C1=O. The molecule has 0 radical (unpaired) electrons. The lowest BCUT2D eigenvalue weighted by atomic mass is 10.1. The van der Waals surface area contributed by atoms with Gasteiger partial charge in [0.05, 0.1) is 0 Å². The number of nitrogens with zero attached hydrogens (tertiary/aromatic N) is 1. The van der Waals surface area contributed by atoms with E-state index in [1.165, 1.54) is 12.0 Å². The minimum Gasteiger partial charge on any atom is -0.337 e. The Hall–Kier alpha value is -1.31. The maximum atomic E-state index is 11.5. The molecule has 0 saturated carbocycles. The lowest BCUT2D eigenvalue weighted by molar-refractivity contribution is -0.123. The highest BCUT2D eigenvalue weighted by Gasteiger charge is 2.26. The van der Waals surface area contributed by atoms with Crippen LogP contribution >= 0.6 is 0 Å². The van der Waals surface area contributed by atoms with Gasteiger partial charge < -0.3 is 4.90 Å². The zero-order valence-corrected chi connectivity index (χ0v) is 9.79. The quantitative estimate of drug-likeness (QED) is 0.595. The van der Waals surface area contributed by atoms with Gasteiger partial charge in [0.1, 0.15) is 0 Å². The van der Waals surface area contributed by atoms with Crippen molar-refractivity contribution in [2.75, 3.05) is 13.6 Å². The van der Waals surface area contributed by atoms with Crippen molar-refractivity contribution in [2.24, 2.45) is 0 Å². The van der Waals surface area contributed by atoms with E-state index in [4.69, 9.17) is 0 Å². The van der Waals surface area contributed by atoms with Crippen LogP contribution in [0.15, 0.2) is 35.5 Å². The fraction of sp³-hybridized carbons (Fsp3) is 0.462. The number of fused-ring (bicyclic) bond motifs is 1. The summed E-state index contributed by atoms with van der Waals surface area (Å²) >= 11 is 0. The van der Waals surface area contributed by atoms with E-state index in [-0.39, 0.29) is 5.91 Å². The van der Waals surface area contributed by atoms with Crippen LogP contribution in [-0.2, 0) is 4.79 Å². The van der Waals surface area contributed by atoms with Gasteiger partial charge in [0.15, 0.2) is 0 Å². The van der Waals surface area contributed by atoms with Crippen LogP contribution in [0.4, 0.5) is 0 Å². The van der Waals surface area contributed by atoms with Crippen LogP contribution in [-0.4, -0.2) is 24.4 Å². The highest BCUT2D eigenvalue weighted by atomic mass is 16.2. The normalized spacial score (nSPS) is 18.6. The molecule has 0 N–H and O–H groups in total. The lowest BCUT2D eigenvalue weighted by Crippen LogP contribution is -2.19. The van der Waals surface area contributed by atoms with E-state index < -0.39 is 0 Å². The van der Waals surface area contributed by atoms with Gasteiger partial charge in [-0.05, 0) is 18.1 Å². The molecule has 15 heavy (non-hydrogen) atoms. The molecule has 1 aliphatic heterocycles. The van der Waals surface area contributed by atoms with E-state index in [9.17, 15) is 4.79 Å². The van der Waals surface area contributed by atoms with Crippen molar-refractivity contribution in [2.45, 2.75) is 26.7 Å². The number of likely N-dealkylation sites (N-methyl/N-ethyl adjacent to an activating group) is 1. The summed E-state index contributed by atoms with van der Waals surface area (Å²) in [6.07, 6.45) is 10.2. The Balaban J connectivity index is 0.000000337. The van der Waals surface area contributed by atoms with Crippen molar-refractivity contribution in [3.05, 3.63) is 35.5 Å². The monoisotopic (exact) mass is 205 g/mol. The van der Waals surface area contributed by atoms with Crippen molar-refractivity contribution >= 4 is 5.91 Å². The van der Waals surface area contributed by atoms with Gasteiger partial charge in [-0.3, -0.25) is 4.79 Å².